The molecule has 0 aliphatic carbocycles. The van der Waals surface area contributed by atoms with Crippen molar-refractivity contribution < 1.29 is 23.5 Å². The van der Waals surface area contributed by atoms with Crippen molar-refractivity contribution in [2.75, 3.05) is 23.2 Å². The van der Waals surface area contributed by atoms with Crippen LogP contribution in [0.3, 0.4) is 0 Å². The van der Waals surface area contributed by atoms with Crippen molar-refractivity contribution >= 4 is 35.0 Å². The third kappa shape index (κ3) is 5.16. The van der Waals surface area contributed by atoms with Gasteiger partial charge in [-0.05, 0) is 36.4 Å². The van der Waals surface area contributed by atoms with E-state index in [2.05, 4.69) is 10.6 Å². The Morgan fingerprint density at radius 2 is 1.82 bits per heavy atom. The Morgan fingerprint density at radius 1 is 1.07 bits per heavy atom. The summed E-state index contributed by atoms with van der Waals surface area (Å²) < 4.78 is 24.5. The predicted molar refractivity (Wildman–Crippen MR) is 108 cm³/mol. The van der Waals surface area contributed by atoms with Crippen LogP contribution in [0.15, 0.2) is 36.4 Å². The van der Waals surface area contributed by atoms with Crippen molar-refractivity contribution in [1.82, 2.24) is 0 Å². The third-order valence-electron chi connectivity index (χ3n) is 3.77. The third-order valence-corrected chi connectivity index (χ3v) is 5.04. The maximum absolute atomic E-state index is 14.1. The van der Waals surface area contributed by atoms with Crippen molar-refractivity contribution in [3.63, 3.8) is 0 Å². The lowest BCUT2D eigenvalue weighted by Gasteiger charge is -2.17. The highest BCUT2D eigenvalue weighted by atomic mass is 32.2. The number of rotatable bonds is 5. The Labute approximate surface area is 166 Å². The standard InChI is InChI=1S/C20H21FN2O4S/c1-20(2,3)28-10-18(24)23-15-9-13(5-6-14(15)21)22-19(25)12-4-7-16-17(8-12)27-11-26-16/h4-9H,10-11H2,1-3H3,(H,22,25)(H,23,24). The summed E-state index contributed by atoms with van der Waals surface area (Å²) in [5, 5.41) is 5.24. The Bertz CT molecular complexity index is 912. The summed E-state index contributed by atoms with van der Waals surface area (Å²) in [6, 6.07) is 8.86. The summed E-state index contributed by atoms with van der Waals surface area (Å²) in [5.74, 6) is 0.0164. The lowest BCUT2D eigenvalue weighted by Crippen LogP contribution is -2.19. The van der Waals surface area contributed by atoms with Gasteiger partial charge in [0.15, 0.2) is 11.5 Å². The van der Waals surface area contributed by atoms with E-state index >= 15 is 0 Å². The van der Waals surface area contributed by atoms with Crippen LogP contribution >= 0.6 is 11.8 Å². The Hall–Kier alpha value is -2.74. The van der Waals surface area contributed by atoms with Gasteiger partial charge in [-0.2, -0.15) is 0 Å². The highest BCUT2D eigenvalue weighted by Crippen LogP contribution is 2.32. The molecule has 0 saturated carbocycles. The maximum Gasteiger partial charge on any atom is 0.255 e. The molecule has 3 rings (SSSR count). The highest BCUT2D eigenvalue weighted by molar-refractivity contribution is 8.01. The van der Waals surface area contributed by atoms with Gasteiger partial charge in [-0.3, -0.25) is 9.59 Å². The number of benzene rings is 2. The monoisotopic (exact) mass is 404 g/mol. The number of carbonyl (C=O) groups is 2. The fraction of sp³-hybridized carbons (Fsp3) is 0.300. The van der Waals surface area contributed by atoms with E-state index in [4.69, 9.17) is 9.47 Å². The molecule has 6 nitrogen and oxygen atoms in total. The summed E-state index contributed by atoms with van der Waals surface area (Å²) in [6.45, 7) is 6.11. The fourth-order valence-electron chi connectivity index (χ4n) is 2.41. The van der Waals surface area contributed by atoms with Gasteiger partial charge in [-0.15, -0.1) is 11.8 Å². The van der Waals surface area contributed by atoms with Crippen LogP contribution in [-0.4, -0.2) is 29.1 Å². The summed E-state index contributed by atoms with van der Waals surface area (Å²) in [5.41, 5.74) is 0.756. The fourth-order valence-corrected chi connectivity index (χ4v) is 3.04. The normalized spacial score (nSPS) is 12.6. The minimum absolute atomic E-state index is 0.0167. The van der Waals surface area contributed by atoms with Crippen molar-refractivity contribution in [2.45, 2.75) is 25.5 Å². The molecule has 1 aliphatic heterocycles. The SMILES string of the molecule is CC(C)(C)SCC(=O)Nc1cc(NC(=O)c2ccc3c(c2)OCO3)ccc1F. The van der Waals surface area contributed by atoms with Gasteiger partial charge in [0.1, 0.15) is 5.82 Å². The predicted octanol–water partition coefficient (Wildman–Crippen LogP) is 4.28. The van der Waals surface area contributed by atoms with Crippen molar-refractivity contribution in [3.8, 4) is 11.5 Å². The van der Waals surface area contributed by atoms with Gasteiger partial charge in [0.25, 0.3) is 5.91 Å². The van der Waals surface area contributed by atoms with Crippen molar-refractivity contribution in [1.29, 1.82) is 0 Å². The summed E-state index contributed by atoms with van der Waals surface area (Å²) in [6.07, 6.45) is 0. The van der Waals surface area contributed by atoms with Crippen LogP contribution < -0.4 is 20.1 Å². The first-order chi connectivity index (χ1) is 13.2. The van der Waals surface area contributed by atoms with E-state index in [1.807, 2.05) is 20.8 Å². The van der Waals surface area contributed by atoms with E-state index < -0.39 is 5.82 Å². The molecule has 0 bridgehead atoms. The molecule has 2 amide bonds. The molecule has 0 aromatic heterocycles. The van der Waals surface area contributed by atoms with Crippen LogP contribution in [0.4, 0.5) is 15.8 Å². The molecule has 8 heteroatoms. The van der Waals surface area contributed by atoms with E-state index in [9.17, 15) is 14.0 Å². The molecule has 0 saturated heterocycles. The van der Waals surface area contributed by atoms with Crippen LogP contribution in [0.1, 0.15) is 31.1 Å². The molecule has 1 aliphatic rings. The molecular weight excluding hydrogens is 383 g/mol. The zero-order valence-corrected chi connectivity index (χ0v) is 16.6. The Kier molecular flexibility index (Phi) is 5.79. The Balaban J connectivity index is 1.67. The second kappa shape index (κ2) is 8.10. The van der Waals surface area contributed by atoms with E-state index in [-0.39, 0.29) is 34.8 Å². The average Bonchev–Trinajstić information content (AvgIpc) is 3.10. The van der Waals surface area contributed by atoms with E-state index in [0.717, 1.165) is 0 Å². The zero-order valence-electron chi connectivity index (χ0n) is 15.8. The average molecular weight is 404 g/mol. The molecule has 148 valence electrons. The van der Waals surface area contributed by atoms with Gasteiger partial charge in [0.2, 0.25) is 12.7 Å². The van der Waals surface area contributed by atoms with Crippen LogP contribution in [0.2, 0.25) is 0 Å². The molecule has 2 aromatic carbocycles. The number of fused-ring (bicyclic) bond motifs is 1. The molecule has 0 atom stereocenters. The summed E-state index contributed by atoms with van der Waals surface area (Å²) in [4.78, 5) is 24.5. The molecule has 2 aromatic rings. The van der Waals surface area contributed by atoms with Crippen molar-refractivity contribution in [3.05, 3.63) is 47.8 Å². The topological polar surface area (TPSA) is 76.7 Å². The molecule has 0 unspecified atom stereocenters. The molecule has 0 fully saturated rings. The molecule has 0 spiro atoms. The first-order valence-corrected chi connectivity index (χ1v) is 9.64. The number of carbonyl (C=O) groups excluding carboxylic acids is 2. The van der Waals surface area contributed by atoms with Gasteiger partial charge >= 0.3 is 0 Å². The minimum atomic E-state index is -0.574. The molecule has 1 heterocycles. The number of anilines is 2. The van der Waals surface area contributed by atoms with E-state index in [1.54, 1.807) is 18.2 Å². The molecular formula is C20H21FN2O4S. The molecule has 0 radical (unpaired) electrons. The van der Waals surface area contributed by atoms with Gasteiger partial charge < -0.3 is 20.1 Å². The summed E-state index contributed by atoms with van der Waals surface area (Å²) in [7, 11) is 0. The van der Waals surface area contributed by atoms with Crippen LogP contribution in [0.5, 0.6) is 11.5 Å². The Morgan fingerprint density at radius 3 is 2.57 bits per heavy atom. The second-order valence-electron chi connectivity index (χ2n) is 7.17. The van der Waals surface area contributed by atoms with Gasteiger partial charge in [-0.25, -0.2) is 4.39 Å². The largest absolute Gasteiger partial charge is 0.454 e. The van der Waals surface area contributed by atoms with Crippen LogP contribution in [0.25, 0.3) is 0 Å². The smallest absolute Gasteiger partial charge is 0.255 e. The number of halogens is 1. The highest BCUT2D eigenvalue weighted by Gasteiger charge is 2.17. The van der Waals surface area contributed by atoms with Crippen LogP contribution in [0, 0.1) is 5.82 Å². The summed E-state index contributed by atoms with van der Waals surface area (Å²) >= 11 is 1.46. The quantitative estimate of drug-likeness (QED) is 0.778. The first kappa shape index (κ1) is 20.0. The molecule has 2 N–H and O–H groups in total. The first-order valence-electron chi connectivity index (χ1n) is 8.66. The van der Waals surface area contributed by atoms with E-state index in [0.29, 0.717) is 22.7 Å². The van der Waals surface area contributed by atoms with Gasteiger partial charge in [0, 0.05) is 16.0 Å². The number of hydrogen-bond acceptors (Lipinski definition) is 5. The van der Waals surface area contributed by atoms with Crippen LogP contribution in [-0.2, 0) is 4.79 Å². The minimum Gasteiger partial charge on any atom is -0.454 e. The number of thioether (sulfide) groups is 1. The number of hydrogen-bond donors (Lipinski definition) is 2. The zero-order chi connectivity index (χ0) is 20.3. The van der Waals surface area contributed by atoms with Gasteiger partial charge in [-0.1, -0.05) is 20.8 Å². The number of amides is 2. The lowest BCUT2D eigenvalue weighted by atomic mass is 10.2. The second-order valence-corrected chi connectivity index (χ2v) is 8.97. The van der Waals surface area contributed by atoms with Crippen molar-refractivity contribution in [2.24, 2.45) is 0 Å². The lowest BCUT2D eigenvalue weighted by molar-refractivity contribution is -0.113. The molecule has 28 heavy (non-hydrogen) atoms. The maximum atomic E-state index is 14.1. The number of ether oxygens (including phenoxy) is 2. The number of nitrogens with one attached hydrogen (secondary N) is 2. The van der Waals surface area contributed by atoms with Gasteiger partial charge in [0.05, 0.1) is 11.4 Å². The van der Waals surface area contributed by atoms with E-state index in [1.165, 1.54) is 30.0 Å².